The van der Waals surface area contributed by atoms with E-state index < -0.39 is 5.54 Å². The van der Waals surface area contributed by atoms with E-state index in [1.54, 1.807) is 0 Å². The minimum atomic E-state index is -0.439. The first-order valence-electron chi connectivity index (χ1n) is 6.61. The maximum atomic E-state index is 12.3. The van der Waals surface area contributed by atoms with Crippen LogP contribution in [0.5, 0.6) is 0 Å². The zero-order valence-electron chi connectivity index (χ0n) is 12.1. The van der Waals surface area contributed by atoms with E-state index in [9.17, 15) is 9.90 Å². The molecule has 0 heterocycles. The Morgan fingerprint density at radius 2 is 1.59 bits per heavy atom. The van der Waals surface area contributed by atoms with Crippen LogP contribution in [0.25, 0.3) is 0 Å². The van der Waals surface area contributed by atoms with Crippen LogP contribution in [-0.2, 0) is 4.79 Å². The first-order valence-corrected chi connectivity index (χ1v) is 6.61. The van der Waals surface area contributed by atoms with Gasteiger partial charge in [-0.05, 0) is 23.7 Å². The number of carbonyl (C=O) groups is 1. The van der Waals surface area contributed by atoms with Crippen LogP contribution in [0.3, 0.4) is 0 Å². The standard InChI is InChI=1S/C14H27NO2/c1-7-14(8-2,9-16)15-11(17)10-12(3,4)13(10,5)6/h10,16H,7-9H2,1-6H3,(H,15,17). The monoisotopic (exact) mass is 241 g/mol. The number of rotatable bonds is 5. The van der Waals surface area contributed by atoms with E-state index in [1.165, 1.54) is 0 Å². The summed E-state index contributed by atoms with van der Waals surface area (Å²) in [6, 6.07) is 0. The molecule has 0 spiro atoms. The second kappa shape index (κ2) is 4.27. The van der Waals surface area contributed by atoms with Gasteiger partial charge >= 0.3 is 0 Å². The van der Waals surface area contributed by atoms with Gasteiger partial charge in [0.05, 0.1) is 12.1 Å². The number of nitrogens with one attached hydrogen (secondary N) is 1. The van der Waals surface area contributed by atoms with Crippen LogP contribution >= 0.6 is 0 Å². The highest BCUT2D eigenvalue weighted by Crippen LogP contribution is 2.68. The van der Waals surface area contributed by atoms with Crippen LogP contribution in [0.1, 0.15) is 54.4 Å². The van der Waals surface area contributed by atoms with E-state index in [1.807, 2.05) is 13.8 Å². The Labute approximate surface area is 105 Å². The summed E-state index contributed by atoms with van der Waals surface area (Å²) in [5, 5.41) is 12.5. The number of aliphatic hydroxyl groups excluding tert-OH is 1. The summed E-state index contributed by atoms with van der Waals surface area (Å²) in [4.78, 5) is 12.3. The van der Waals surface area contributed by atoms with Crippen molar-refractivity contribution in [3.63, 3.8) is 0 Å². The minimum absolute atomic E-state index is 0.0132. The molecule has 0 saturated heterocycles. The molecule has 3 heteroatoms. The Balaban J connectivity index is 2.75. The fourth-order valence-electron chi connectivity index (χ4n) is 2.88. The smallest absolute Gasteiger partial charge is 0.224 e. The van der Waals surface area contributed by atoms with Gasteiger partial charge in [0.25, 0.3) is 0 Å². The summed E-state index contributed by atoms with van der Waals surface area (Å²) in [6.07, 6.45) is 1.53. The Hall–Kier alpha value is -0.570. The molecule has 0 aromatic rings. The van der Waals surface area contributed by atoms with Crippen molar-refractivity contribution in [2.45, 2.75) is 59.9 Å². The van der Waals surface area contributed by atoms with Crippen molar-refractivity contribution in [3.8, 4) is 0 Å². The van der Waals surface area contributed by atoms with Gasteiger partial charge in [0.2, 0.25) is 5.91 Å². The lowest BCUT2D eigenvalue weighted by molar-refractivity contribution is -0.126. The van der Waals surface area contributed by atoms with Crippen molar-refractivity contribution in [2.24, 2.45) is 16.7 Å². The third-order valence-electron chi connectivity index (χ3n) is 5.33. The van der Waals surface area contributed by atoms with Crippen LogP contribution in [0, 0.1) is 16.7 Å². The number of hydrogen-bond acceptors (Lipinski definition) is 2. The molecule has 1 aliphatic rings. The van der Waals surface area contributed by atoms with E-state index in [4.69, 9.17) is 0 Å². The average molecular weight is 241 g/mol. The predicted octanol–water partition coefficient (Wildman–Crippen LogP) is 2.34. The summed E-state index contributed by atoms with van der Waals surface area (Å²) in [5.74, 6) is 0.150. The number of aliphatic hydroxyl groups is 1. The predicted molar refractivity (Wildman–Crippen MR) is 69.6 cm³/mol. The summed E-state index contributed by atoms with van der Waals surface area (Å²) >= 11 is 0. The van der Waals surface area contributed by atoms with Crippen molar-refractivity contribution >= 4 is 5.91 Å². The first-order chi connectivity index (χ1) is 7.68. The fourth-order valence-corrected chi connectivity index (χ4v) is 2.88. The molecule has 100 valence electrons. The molecule has 0 aromatic heterocycles. The van der Waals surface area contributed by atoms with Crippen molar-refractivity contribution in [1.29, 1.82) is 0 Å². The molecule has 0 radical (unpaired) electrons. The van der Waals surface area contributed by atoms with E-state index in [-0.39, 0.29) is 29.3 Å². The zero-order chi connectivity index (χ0) is 13.5. The summed E-state index contributed by atoms with van der Waals surface area (Å²) < 4.78 is 0. The van der Waals surface area contributed by atoms with Crippen LogP contribution in [-0.4, -0.2) is 23.2 Å². The molecule has 0 bridgehead atoms. The molecule has 0 atom stereocenters. The molecule has 1 fully saturated rings. The quantitative estimate of drug-likeness (QED) is 0.776. The fraction of sp³-hybridized carbons (Fsp3) is 0.929. The summed E-state index contributed by atoms with van der Waals surface area (Å²) in [5.41, 5.74) is -0.328. The van der Waals surface area contributed by atoms with Gasteiger partial charge in [0.15, 0.2) is 0 Å². The molecule has 3 nitrogen and oxygen atoms in total. The highest BCUT2D eigenvalue weighted by Gasteiger charge is 2.68. The van der Waals surface area contributed by atoms with Crippen LogP contribution in [0.2, 0.25) is 0 Å². The van der Waals surface area contributed by atoms with Gasteiger partial charge in [-0.2, -0.15) is 0 Å². The molecule has 1 saturated carbocycles. The Kier molecular flexibility index (Phi) is 3.64. The molecule has 0 unspecified atom stereocenters. The van der Waals surface area contributed by atoms with Crippen LogP contribution < -0.4 is 5.32 Å². The Bertz CT molecular complexity index is 281. The maximum Gasteiger partial charge on any atom is 0.224 e. The molecule has 0 aromatic carbocycles. The van der Waals surface area contributed by atoms with E-state index >= 15 is 0 Å². The second-order valence-corrected chi connectivity index (χ2v) is 6.51. The van der Waals surface area contributed by atoms with E-state index in [0.29, 0.717) is 0 Å². The van der Waals surface area contributed by atoms with Crippen LogP contribution in [0.4, 0.5) is 0 Å². The molecular weight excluding hydrogens is 214 g/mol. The number of hydrogen-bond donors (Lipinski definition) is 2. The molecule has 2 N–H and O–H groups in total. The van der Waals surface area contributed by atoms with Crippen molar-refractivity contribution in [2.75, 3.05) is 6.61 Å². The van der Waals surface area contributed by atoms with Crippen molar-refractivity contribution in [3.05, 3.63) is 0 Å². The summed E-state index contributed by atoms with van der Waals surface area (Å²) in [7, 11) is 0. The van der Waals surface area contributed by atoms with Gasteiger partial charge in [0.1, 0.15) is 0 Å². The van der Waals surface area contributed by atoms with Gasteiger partial charge in [-0.15, -0.1) is 0 Å². The topological polar surface area (TPSA) is 49.3 Å². The van der Waals surface area contributed by atoms with Gasteiger partial charge < -0.3 is 10.4 Å². The molecule has 0 aliphatic heterocycles. The highest BCUT2D eigenvalue weighted by molar-refractivity contribution is 5.84. The SMILES string of the molecule is CCC(CC)(CO)NC(=O)C1C(C)(C)C1(C)C. The van der Waals surface area contributed by atoms with Gasteiger partial charge in [0, 0.05) is 5.92 Å². The third kappa shape index (κ3) is 2.10. The second-order valence-electron chi connectivity index (χ2n) is 6.51. The molecular formula is C14H27NO2. The summed E-state index contributed by atoms with van der Waals surface area (Å²) in [6.45, 7) is 12.6. The van der Waals surface area contributed by atoms with E-state index in [2.05, 4.69) is 33.0 Å². The van der Waals surface area contributed by atoms with Crippen LogP contribution in [0.15, 0.2) is 0 Å². The minimum Gasteiger partial charge on any atom is -0.394 e. The lowest BCUT2D eigenvalue weighted by atomic mass is 9.93. The Morgan fingerprint density at radius 3 is 1.82 bits per heavy atom. The van der Waals surface area contributed by atoms with Gasteiger partial charge in [-0.25, -0.2) is 0 Å². The third-order valence-corrected chi connectivity index (χ3v) is 5.33. The molecule has 1 aliphatic carbocycles. The zero-order valence-corrected chi connectivity index (χ0v) is 12.1. The highest BCUT2D eigenvalue weighted by atomic mass is 16.3. The van der Waals surface area contributed by atoms with E-state index in [0.717, 1.165) is 12.8 Å². The molecule has 1 rings (SSSR count). The number of amides is 1. The average Bonchev–Trinajstić information content (AvgIpc) is 2.66. The largest absolute Gasteiger partial charge is 0.394 e. The maximum absolute atomic E-state index is 12.3. The normalized spacial score (nSPS) is 22.3. The van der Waals surface area contributed by atoms with Gasteiger partial charge in [-0.3, -0.25) is 4.79 Å². The van der Waals surface area contributed by atoms with Crippen molar-refractivity contribution < 1.29 is 9.90 Å². The Morgan fingerprint density at radius 1 is 1.18 bits per heavy atom. The molecule has 1 amide bonds. The lowest BCUT2D eigenvalue weighted by Crippen LogP contribution is -2.51. The van der Waals surface area contributed by atoms with Crippen molar-refractivity contribution in [1.82, 2.24) is 5.32 Å². The number of carbonyl (C=O) groups excluding carboxylic acids is 1. The van der Waals surface area contributed by atoms with Gasteiger partial charge in [-0.1, -0.05) is 41.5 Å². The molecule has 17 heavy (non-hydrogen) atoms. The first kappa shape index (κ1) is 14.5. The lowest BCUT2D eigenvalue weighted by Gasteiger charge is -2.31.